The standard InChI is InChI=1S/C17H13ClF3N5O3/c1-8-4-12(17(19,20)21)25-26(8)13-11(7-23-16(18)24-13)9-5-10(15(27)29-3)14(28-2)22-6-9/h4-7H,1-3H3. The second-order valence-electron chi connectivity index (χ2n) is 5.73. The number of pyridine rings is 1. The van der Waals surface area contributed by atoms with Gasteiger partial charge in [-0.2, -0.15) is 23.3 Å². The fraction of sp³-hybridized carbons (Fsp3) is 0.235. The van der Waals surface area contributed by atoms with Crippen molar-refractivity contribution < 1.29 is 27.4 Å². The Morgan fingerprint density at radius 3 is 2.48 bits per heavy atom. The number of nitrogens with zero attached hydrogens (tertiary/aromatic N) is 5. The van der Waals surface area contributed by atoms with E-state index in [0.29, 0.717) is 5.56 Å². The number of esters is 1. The van der Waals surface area contributed by atoms with Gasteiger partial charge in [0.1, 0.15) is 5.56 Å². The average Bonchev–Trinajstić information content (AvgIpc) is 3.09. The van der Waals surface area contributed by atoms with Gasteiger partial charge in [-0.15, -0.1) is 0 Å². The molecule has 152 valence electrons. The number of carbonyl (C=O) groups is 1. The molecule has 3 heterocycles. The van der Waals surface area contributed by atoms with E-state index in [1.807, 2.05) is 0 Å². The molecule has 0 atom stereocenters. The summed E-state index contributed by atoms with van der Waals surface area (Å²) >= 11 is 5.86. The van der Waals surface area contributed by atoms with Crippen LogP contribution in [0.5, 0.6) is 5.88 Å². The van der Waals surface area contributed by atoms with Crippen LogP contribution in [0.2, 0.25) is 5.28 Å². The topological polar surface area (TPSA) is 92.0 Å². The minimum Gasteiger partial charge on any atom is -0.480 e. The average molecular weight is 428 g/mol. The van der Waals surface area contributed by atoms with Gasteiger partial charge in [-0.25, -0.2) is 19.4 Å². The zero-order chi connectivity index (χ0) is 21.3. The molecule has 0 aromatic carbocycles. The lowest BCUT2D eigenvalue weighted by molar-refractivity contribution is -0.141. The van der Waals surface area contributed by atoms with Gasteiger partial charge in [0, 0.05) is 29.2 Å². The summed E-state index contributed by atoms with van der Waals surface area (Å²) in [5.74, 6) is -0.699. The second kappa shape index (κ2) is 7.66. The van der Waals surface area contributed by atoms with Crippen LogP contribution in [-0.4, -0.2) is 44.9 Å². The fourth-order valence-electron chi connectivity index (χ4n) is 2.56. The summed E-state index contributed by atoms with van der Waals surface area (Å²) < 4.78 is 49.9. The third kappa shape index (κ3) is 3.99. The lowest BCUT2D eigenvalue weighted by atomic mass is 10.1. The molecule has 3 rings (SSSR count). The van der Waals surface area contributed by atoms with Gasteiger partial charge in [-0.1, -0.05) is 0 Å². The summed E-state index contributed by atoms with van der Waals surface area (Å²) in [6.45, 7) is 1.44. The Labute approximate surface area is 167 Å². The fourth-order valence-corrected chi connectivity index (χ4v) is 2.69. The number of halogens is 4. The molecule has 0 unspecified atom stereocenters. The number of carbonyl (C=O) groups excluding carboxylic acids is 1. The Balaban J connectivity index is 2.22. The van der Waals surface area contributed by atoms with Gasteiger partial charge < -0.3 is 9.47 Å². The number of aromatic nitrogens is 5. The lowest BCUT2D eigenvalue weighted by Crippen LogP contribution is -2.10. The molecular weight excluding hydrogens is 415 g/mol. The normalized spacial score (nSPS) is 11.4. The van der Waals surface area contributed by atoms with E-state index in [0.717, 1.165) is 10.7 Å². The van der Waals surface area contributed by atoms with Gasteiger partial charge in [0.25, 0.3) is 0 Å². The number of aryl methyl sites for hydroxylation is 1. The molecule has 0 N–H and O–H groups in total. The van der Waals surface area contributed by atoms with Crippen LogP contribution in [0.3, 0.4) is 0 Å². The van der Waals surface area contributed by atoms with Gasteiger partial charge >= 0.3 is 12.1 Å². The quantitative estimate of drug-likeness (QED) is 0.464. The molecule has 0 aliphatic carbocycles. The molecule has 29 heavy (non-hydrogen) atoms. The van der Waals surface area contributed by atoms with Crippen molar-refractivity contribution in [3.8, 4) is 22.8 Å². The molecule has 3 aromatic heterocycles. The molecule has 0 saturated carbocycles. The number of rotatable bonds is 4. The first-order valence-corrected chi connectivity index (χ1v) is 8.33. The molecule has 0 aliphatic heterocycles. The van der Waals surface area contributed by atoms with Crippen molar-refractivity contribution in [3.05, 3.63) is 46.8 Å². The highest BCUT2D eigenvalue weighted by molar-refractivity contribution is 6.28. The number of ether oxygens (including phenoxy) is 2. The van der Waals surface area contributed by atoms with E-state index < -0.39 is 17.8 Å². The van der Waals surface area contributed by atoms with E-state index in [1.54, 1.807) is 0 Å². The molecule has 0 spiro atoms. The number of methoxy groups -OCH3 is 2. The summed E-state index contributed by atoms with van der Waals surface area (Å²) in [6, 6.07) is 2.28. The summed E-state index contributed by atoms with van der Waals surface area (Å²) in [4.78, 5) is 24.0. The largest absolute Gasteiger partial charge is 0.480 e. The van der Waals surface area contributed by atoms with Crippen molar-refractivity contribution in [1.29, 1.82) is 0 Å². The summed E-state index contributed by atoms with van der Waals surface area (Å²) in [5.41, 5.74) is -0.334. The van der Waals surface area contributed by atoms with E-state index in [1.165, 1.54) is 39.6 Å². The zero-order valence-electron chi connectivity index (χ0n) is 15.3. The van der Waals surface area contributed by atoms with Crippen LogP contribution in [-0.2, 0) is 10.9 Å². The summed E-state index contributed by atoms with van der Waals surface area (Å²) in [5, 5.41) is 3.40. The van der Waals surface area contributed by atoms with Crippen molar-refractivity contribution in [3.63, 3.8) is 0 Å². The maximum absolute atomic E-state index is 13.1. The molecule has 0 radical (unpaired) electrons. The minimum atomic E-state index is -4.63. The number of alkyl halides is 3. The maximum Gasteiger partial charge on any atom is 0.435 e. The SMILES string of the molecule is COC(=O)c1cc(-c2cnc(Cl)nc2-n2nc(C(F)(F)F)cc2C)cnc1OC. The van der Waals surface area contributed by atoms with Crippen LogP contribution in [0.4, 0.5) is 13.2 Å². The van der Waals surface area contributed by atoms with Crippen LogP contribution in [0, 0.1) is 6.92 Å². The molecular formula is C17H13ClF3N5O3. The van der Waals surface area contributed by atoms with E-state index in [4.69, 9.17) is 21.1 Å². The van der Waals surface area contributed by atoms with E-state index in [2.05, 4.69) is 20.1 Å². The van der Waals surface area contributed by atoms with Crippen molar-refractivity contribution >= 4 is 17.6 Å². The predicted molar refractivity (Wildman–Crippen MR) is 95.0 cm³/mol. The molecule has 0 aliphatic rings. The third-order valence-corrected chi connectivity index (χ3v) is 4.06. The van der Waals surface area contributed by atoms with Crippen molar-refractivity contribution in [2.45, 2.75) is 13.1 Å². The molecule has 0 saturated heterocycles. The van der Waals surface area contributed by atoms with Gasteiger partial charge in [-0.05, 0) is 30.7 Å². The Bertz CT molecular complexity index is 1080. The van der Waals surface area contributed by atoms with Crippen LogP contribution < -0.4 is 4.74 Å². The molecule has 3 aromatic rings. The van der Waals surface area contributed by atoms with Crippen LogP contribution >= 0.6 is 11.6 Å². The van der Waals surface area contributed by atoms with Gasteiger partial charge in [0.15, 0.2) is 11.5 Å². The highest BCUT2D eigenvalue weighted by atomic mass is 35.5. The summed E-state index contributed by atoms with van der Waals surface area (Å²) in [6.07, 6.45) is -1.98. The number of hydrogen-bond acceptors (Lipinski definition) is 7. The molecule has 0 bridgehead atoms. The minimum absolute atomic E-state index is 0.0132. The predicted octanol–water partition coefficient (Wildman–Crippen LogP) is 3.50. The zero-order valence-corrected chi connectivity index (χ0v) is 16.0. The van der Waals surface area contributed by atoms with Crippen molar-refractivity contribution in [1.82, 2.24) is 24.7 Å². The van der Waals surface area contributed by atoms with Crippen LogP contribution in [0.15, 0.2) is 24.5 Å². The van der Waals surface area contributed by atoms with E-state index in [9.17, 15) is 18.0 Å². The first-order valence-electron chi connectivity index (χ1n) is 7.95. The van der Waals surface area contributed by atoms with Crippen molar-refractivity contribution in [2.75, 3.05) is 14.2 Å². The Morgan fingerprint density at radius 2 is 1.90 bits per heavy atom. The Kier molecular flexibility index (Phi) is 5.42. The van der Waals surface area contributed by atoms with E-state index >= 15 is 0 Å². The highest BCUT2D eigenvalue weighted by Crippen LogP contribution is 2.32. The molecule has 12 heteroatoms. The first kappa shape index (κ1) is 20.5. The van der Waals surface area contributed by atoms with Gasteiger partial charge in [0.2, 0.25) is 11.2 Å². The van der Waals surface area contributed by atoms with E-state index in [-0.39, 0.29) is 33.8 Å². The monoisotopic (exact) mass is 427 g/mol. The molecule has 8 nitrogen and oxygen atoms in total. The van der Waals surface area contributed by atoms with Gasteiger partial charge in [-0.3, -0.25) is 0 Å². The van der Waals surface area contributed by atoms with Gasteiger partial charge in [0.05, 0.1) is 14.2 Å². The third-order valence-electron chi connectivity index (χ3n) is 3.88. The summed E-state index contributed by atoms with van der Waals surface area (Å²) in [7, 11) is 2.52. The second-order valence-corrected chi connectivity index (χ2v) is 6.07. The van der Waals surface area contributed by atoms with Crippen molar-refractivity contribution in [2.24, 2.45) is 0 Å². The van der Waals surface area contributed by atoms with Crippen LogP contribution in [0.25, 0.3) is 16.9 Å². The van der Waals surface area contributed by atoms with Crippen LogP contribution in [0.1, 0.15) is 21.7 Å². The molecule has 0 fully saturated rings. The smallest absolute Gasteiger partial charge is 0.435 e. The number of hydrogen-bond donors (Lipinski definition) is 0. The molecule has 0 amide bonds. The first-order chi connectivity index (χ1) is 13.7. The maximum atomic E-state index is 13.1. The highest BCUT2D eigenvalue weighted by Gasteiger charge is 2.35. The lowest BCUT2D eigenvalue weighted by Gasteiger charge is -2.12. The Morgan fingerprint density at radius 1 is 1.17 bits per heavy atom. The Hall–Kier alpha value is -3.21.